The lowest BCUT2D eigenvalue weighted by atomic mass is 10.0. The molecule has 1 aromatic carbocycles. The normalized spacial score (nSPS) is 17.1. The van der Waals surface area contributed by atoms with Crippen molar-refractivity contribution in [1.82, 2.24) is 5.32 Å². The fourth-order valence-corrected chi connectivity index (χ4v) is 2.16. The second kappa shape index (κ2) is 5.58. The van der Waals surface area contributed by atoms with Crippen molar-refractivity contribution in [3.63, 3.8) is 0 Å². The Morgan fingerprint density at radius 1 is 1.35 bits per heavy atom. The number of nitrogens with one attached hydrogen (secondary N) is 1. The highest BCUT2D eigenvalue weighted by Gasteiger charge is 2.31. The molecule has 1 atom stereocenters. The molecule has 1 aliphatic rings. The molecule has 0 saturated heterocycles. The fourth-order valence-electron chi connectivity index (χ4n) is 2.16. The molecule has 0 radical (unpaired) electrons. The summed E-state index contributed by atoms with van der Waals surface area (Å²) in [6.45, 7) is 3.08. The molecule has 17 heavy (non-hydrogen) atoms. The molecule has 0 heterocycles. The van der Waals surface area contributed by atoms with E-state index in [1.807, 2.05) is 0 Å². The van der Waals surface area contributed by atoms with Gasteiger partial charge in [0.05, 0.1) is 0 Å². The summed E-state index contributed by atoms with van der Waals surface area (Å²) in [5, 5.41) is 3.46. The number of hydrogen-bond donors (Lipinski definition) is 1. The molecular weight excluding hydrogens is 220 g/mol. The van der Waals surface area contributed by atoms with Gasteiger partial charge in [-0.15, -0.1) is 0 Å². The second-order valence-electron chi connectivity index (χ2n) is 4.84. The molecule has 0 bridgehead atoms. The molecule has 2 rings (SSSR count). The predicted octanol–water partition coefficient (Wildman–Crippen LogP) is 3.29. The minimum Gasteiger partial charge on any atom is -0.313 e. The van der Waals surface area contributed by atoms with Crippen LogP contribution in [0.25, 0.3) is 0 Å². The van der Waals surface area contributed by atoms with Crippen LogP contribution in [0, 0.1) is 17.6 Å². The molecule has 1 N–H and O–H groups in total. The number of hydrogen-bond acceptors (Lipinski definition) is 1. The van der Waals surface area contributed by atoms with E-state index < -0.39 is 11.6 Å². The van der Waals surface area contributed by atoms with Gasteiger partial charge in [-0.05, 0) is 49.8 Å². The van der Waals surface area contributed by atoms with Crippen molar-refractivity contribution in [1.29, 1.82) is 0 Å². The summed E-state index contributed by atoms with van der Waals surface area (Å²) in [5.41, 5.74) is 0.618. The first-order valence-electron chi connectivity index (χ1n) is 6.38. The van der Waals surface area contributed by atoms with Crippen LogP contribution in [-0.2, 0) is 6.42 Å². The molecule has 1 unspecified atom stereocenters. The van der Waals surface area contributed by atoms with Gasteiger partial charge in [-0.3, -0.25) is 0 Å². The molecule has 1 aliphatic carbocycles. The molecule has 0 amide bonds. The lowest BCUT2D eigenvalue weighted by molar-refractivity contribution is 0.450. The zero-order valence-electron chi connectivity index (χ0n) is 10.2. The van der Waals surface area contributed by atoms with E-state index in [0.717, 1.165) is 19.0 Å². The Kier molecular flexibility index (Phi) is 4.11. The summed E-state index contributed by atoms with van der Waals surface area (Å²) in [5.74, 6) is -0.254. The molecule has 1 nitrogen and oxygen atoms in total. The van der Waals surface area contributed by atoms with Crippen LogP contribution in [-0.4, -0.2) is 12.6 Å². The highest BCUT2D eigenvalue weighted by Crippen LogP contribution is 2.34. The summed E-state index contributed by atoms with van der Waals surface area (Å²) < 4.78 is 26.4. The van der Waals surface area contributed by atoms with E-state index in [1.165, 1.54) is 18.9 Å². The summed E-state index contributed by atoms with van der Waals surface area (Å²) in [6.07, 6.45) is 4.19. The van der Waals surface area contributed by atoms with Crippen LogP contribution in [0.15, 0.2) is 18.2 Å². The van der Waals surface area contributed by atoms with Crippen molar-refractivity contribution in [2.24, 2.45) is 5.92 Å². The van der Waals surface area contributed by atoms with Crippen molar-refractivity contribution < 1.29 is 8.78 Å². The third-order valence-corrected chi connectivity index (χ3v) is 3.30. The molecule has 1 fully saturated rings. The van der Waals surface area contributed by atoms with Crippen LogP contribution in [0.2, 0.25) is 0 Å². The van der Waals surface area contributed by atoms with Gasteiger partial charge >= 0.3 is 0 Å². The first-order valence-corrected chi connectivity index (χ1v) is 6.38. The van der Waals surface area contributed by atoms with Crippen LogP contribution in [0.5, 0.6) is 0 Å². The van der Waals surface area contributed by atoms with Gasteiger partial charge in [-0.2, -0.15) is 0 Å². The SMILES string of the molecule is CCCNC(Cc1ccc(F)cc1F)C1CC1. The van der Waals surface area contributed by atoms with Crippen molar-refractivity contribution >= 4 is 0 Å². The second-order valence-corrected chi connectivity index (χ2v) is 4.84. The average Bonchev–Trinajstić information content (AvgIpc) is 3.11. The maximum absolute atomic E-state index is 13.5. The Morgan fingerprint density at radius 2 is 2.12 bits per heavy atom. The summed E-state index contributed by atoms with van der Waals surface area (Å²) in [7, 11) is 0. The monoisotopic (exact) mass is 239 g/mol. The van der Waals surface area contributed by atoms with E-state index in [2.05, 4.69) is 12.2 Å². The molecular formula is C14H19F2N. The van der Waals surface area contributed by atoms with Crippen molar-refractivity contribution in [3.8, 4) is 0 Å². The highest BCUT2D eigenvalue weighted by molar-refractivity contribution is 5.20. The van der Waals surface area contributed by atoms with E-state index in [-0.39, 0.29) is 0 Å². The Balaban J connectivity index is 2.00. The summed E-state index contributed by atoms with van der Waals surface area (Å²) >= 11 is 0. The topological polar surface area (TPSA) is 12.0 Å². The summed E-state index contributed by atoms with van der Waals surface area (Å²) in [4.78, 5) is 0. The number of rotatable bonds is 6. The van der Waals surface area contributed by atoms with Crippen molar-refractivity contribution in [3.05, 3.63) is 35.4 Å². The van der Waals surface area contributed by atoms with Crippen LogP contribution < -0.4 is 5.32 Å². The number of benzene rings is 1. The van der Waals surface area contributed by atoms with Gasteiger partial charge in [0, 0.05) is 12.1 Å². The van der Waals surface area contributed by atoms with Crippen molar-refractivity contribution in [2.75, 3.05) is 6.54 Å². The Bertz CT molecular complexity index is 374. The molecule has 0 aliphatic heterocycles. The average molecular weight is 239 g/mol. The van der Waals surface area contributed by atoms with E-state index in [0.29, 0.717) is 23.9 Å². The van der Waals surface area contributed by atoms with Gasteiger partial charge in [0.2, 0.25) is 0 Å². The molecule has 0 spiro atoms. The van der Waals surface area contributed by atoms with Crippen LogP contribution in [0.1, 0.15) is 31.7 Å². The predicted molar refractivity (Wildman–Crippen MR) is 64.9 cm³/mol. The standard InChI is InChI=1S/C14H19F2N/c1-2-7-17-14(10-3-4-10)8-11-5-6-12(15)9-13(11)16/h5-6,9-10,14,17H,2-4,7-8H2,1H3. The van der Waals surface area contributed by atoms with Crippen LogP contribution in [0.3, 0.4) is 0 Å². The number of halogens is 2. The van der Waals surface area contributed by atoms with E-state index >= 15 is 0 Å². The van der Waals surface area contributed by atoms with Gasteiger partial charge in [0.25, 0.3) is 0 Å². The lowest BCUT2D eigenvalue weighted by Crippen LogP contribution is -2.34. The Labute approximate surface area is 101 Å². The largest absolute Gasteiger partial charge is 0.313 e. The minimum absolute atomic E-state index is 0.343. The highest BCUT2D eigenvalue weighted by atomic mass is 19.1. The smallest absolute Gasteiger partial charge is 0.129 e. The van der Waals surface area contributed by atoms with Gasteiger partial charge in [0.15, 0.2) is 0 Å². The molecule has 94 valence electrons. The third-order valence-electron chi connectivity index (χ3n) is 3.30. The van der Waals surface area contributed by atoms with Gasteiger partial charge in [0.1, 0.15) is 11.6 Å². The minimum atomic E-state index is -0.504. The quantitative estimate of drug-likeness (QED) is 0.803. The molecule has 1 saturated carbocycles. The maximum atomic E-state index is 13.5. The lowest BCUT2D eigenvalue weighted by Gasteiger charge is -2.18. The van der Waals surface area contributed by atoms with Crippen molar-refractivity contribution in [2.45, 2.75) is 38.6 Å². The molecule has 1 aromatic rings. The Morgan fingerprint density at radius 3 is 2.71 bits per heavy atom. The van der Waals surface area contributed by atoms with Crippen LogP contribution in [0.4, 0.5) is 8.78 Å². The first-order chi connectivity index (χ1) is 8.20. The fraction of sp³-hybridized carbons (Fsp3) is 0.571. The maximum Gasteiger partial charge on any atom is 0.129 e. The zero-order valence-corrected chi connectivity index (χ0v) is 10.2. The van der Waals surface area contributed by atoms with Gasteiger partial charge in [-0.1, -0.05) is 13.0 Å². The zero-order chi connectivity index (χ0) is 12.3. The summed E-state index contributed by atoms with van der Waals surface area (Å²) in [6, 6.07) is 4.21. The van der Waals surface area contributed by atoms with E-state index in [1.54, 1.807) is 6.07 Å². The van der Waals surface area contributed by atoms with Gasteiger partial charge < -0.3 is 5.32 Å². The molecule has 3 heteroatoms. The van der Waals surface area contributed by atoms with Crippen LogP contribution >= 0.6 is 0 Å². The Hall–Kier alpha value is -0.960. The first kappa shape index (κ1) is 12.5. The van der Waals surface area contributed by atoms with E-state index in [9.17, 15) is 8.78 Å². The molecule has 0 aromatic heterocycles. The third kappa shape index (κ3) is 3.50. The van der Waals surface area contributed by atoms with E-state index in [4.69, 9.17) is 0 Å². The van der Waals surface area contributed by atoms with Gasteiger partial charge in [-0.25, -0.2) is 8.78 Å².